The van der Waals surface area contributed by atoms with Crippen molar-refractivity contribution in [1.82, 2.24) is 16.0 Å². The van der Waals surface area contributed by atoms with Gasteiger partial charge >= 0.3 is 11.9 Å². The van der Waals surface area contributed by atoms with E-state index in [1.54, 1.807) is 6.92 Å². The van der Waals surface area contributed by atoms with Gasteiger partial charge in [-0.2, -0.15) is 12.6 Å². The van der Waals surface area contributed by atoms with Crippen LogP contribution in [0.5, 0.6) is 0 Å². The predicted molar refractivity (Wildman–Crippen MR) is 103 cm³/mol. The topological polar surface area (TPSA) is 188 Å². The second kappa shape index (κ2) is 12.9. The minimum Gasteiger partial charge on any atom is -0.481 e. The summed E-state index contributed by atoms with van der Waals surface area (Å²) in [5.74, 6) is -4.93. The Morgan fingerprint density at radius 3 is 2.11 bits per heavy atom. The van der Waals surface area contributed by atoms with Crippen molar-refractivity contribution in [3.8, 4) is 0 Å². The Morgan fingerprint density at radius 2 is 1.64 bits per heavy atom. The van der Waals surface area contributed by atoms with E-state index in [1.807, 2.05) is 6.92 Å². The molecule has 0 aromatic heterocycles. The van der Waals surface area contributed by atoms with Gasteiger partial charge in [0.25, 0.3) is 0 Å². The number of carboxylic acid groups (broad SMARTS) is 2. The number of hydrogen-bond acceptors (Lipinski definition) is 7. The Bertz CT molecular complexity index is 587. The fraction of sp³-hybridized carbons (Fsp3) is 0.688. The summed E-state index contributed by atoms with van der Waals surface area (Å²) < 4.78 is 0. The molecule has 4 unspecified atom stereocenters. The summed E-state index contributed by atoms with van der Waals surface area (Å²) >= 11 is 3.82. The maximum atomic E-state index is 12.2. The number of carboxylic acids is 2. The zero-order valence-electron chi connectivity index (χ0n) is 15.8. The first-order valence-corrected chi connectivity index (χ1v) is 9.35. The molecule has 0 aliphatic carbocycles. The third-order valence-corrected chi connectivity index (χ3v) is 4.44. The maximum Gasteiger partial charge on any atom is 0.327 e. The standard InChI is InChI=1S/C16H28N4O7S/c1-3-8(2)13(17)15(25)18-6-11(21)19-9(4-5-12(22)23)14(24)20-10(7-28)16(26)27/h8-10,13,28H,3-7,17H2,1-2H3,(H,18,25)(H,19,21)(H,20,24)(H,22,23)(H,26,27). The van der Waals surface area contributed by atoms with Gasteiger partial charge in [0.05, 0.1) is 12.6 Å². The number of hydrogen-bond donors (Lipinski definition) is 7. The molecule has 12 heteroatoms. The van der Waals surface area contributed by atoms with Gasteiger partial charge in [-0.15, -0.1) is 0 Å². The van der Waals surface area contributed by atoms with Gasteiger partial charge in [0, 0.05) is 12.2 Å². The van der Waals surface area contributed by atoms with E-state index < -0.39 is 60.8 Å². The second-order valence-corrected chi connectivity index (χ2v) is 6.63. The second-order valence-electron chi connectivity index (χ2n) is 6.26. The molecular formula is C16H28N4O7S. The van der Waals surface area contributed by atoms with E-state index in [0.29, 0.717) is 6.42 Å². The lowest BCUT2D eigenvalue weighted by atomic mass is 9.99. The molecule has 0 radical (unpaired) electrons. The molecule has 7 N–H and O–H groups in total. The average Bonchev–Trinajstić information content (AvgIpc) is 2.65. The van der Waals surface area contributed by atoms with Gasteiger partial charge in [-0.25, -0.2) is 4.79 Å². The zero-order chi connectivity index (χ0) is 21.9. The summed E-state index contributed by atoms with van der Waals surface area (Å²) in [6.07, 6.45) is -0.0114. The molecule has 11 nitrogen and oxygen atoms in total. The minimum atomic E-state index is -1.32. The Labute approximate surface area is 168 Å². The third-order valence-electron chi connectivity index (χ3n) is 4.08. The van der Waals surface area contributed by atoms with Crippen molar-refractivity contribution in [3.05, 3.63) is 0 Å². The SMILES string of the molecule is CCC(C)C(N)C(=O)NCC(=O)NC(CCC(=O)O)C(=O)NC(CS)C(=O)O. The number of nitrogens with one attached hydrogen (secondary N) is 3. The van der Waals surface area contributed by atoms with Gasteiger partial charge in [0.15, 0.2) is 0 Å². The summed E-state index contributed by atoms with van der Waals surface area (Å²) in [5.41, 5.74) is 5.75. The minimum absolute atomic E-state index is 0.0914. The van der Waals surface area contributed by atoms with Gasteiger partial charge in [-0.3, -0.25) is 19.2 Å². The van der Waals surface area contributed by atoms with Crippen LogP contribution >= 0.6 is 12.6 Å². The fourth-order valence-electron chi connectivity index (χ4n) is 2.04. The predicted octanol–water partition coefficient (Wildman–Crippen LogP) is -1.68. The summed E-state index contributed by atoms with van der Waals surface area (Å²) in [4.78, 5) is 57.9. The number of amides is 3. The lowest BCUT2D eigenvalue weighted by Gasteiger charge is -2.21. The lowest BCUT2D eigenvalue weighted by molar-refractivity contribution is -0.142. The summed E-state index contributed by atoms with van der Waals surface area (Å²) in [5, 5.41) is 24.6. The zero-order valence-corrected chi connectivity index (χ0v) is 16.7. The number of nitrogens with two attached hydrogens (primary N) is 1. The molecule has 3 amide bonds. The normalized spacial score (nSPS) is 14.9. The smallest absolute Gasteiger partial charge is 0.327 e. The van der Waals surface area contributed by atoms with Gasteiger partial charge in [-0.1, -0.05) is 20.3 Å². The molecule has 0 saturated carbocycles. The van der Waals surface area contributed by atoms with E-state index in [1.165, 1.54) is 0 Å². The number of rotatable bonds is 13. The van der Waals surface area contributed by atoms with E-state index in [-0.39, 0.29) is 18.1 Å². The molecule has 0 aromatic rings. The van der Waals surface area contributed by atoms with E-state index in [2.05, 4.69) is 28.6 Å². The van der Waals surface area contributed by atoms with Crippen LogP contribution in [0, 0.1) is 5.92 Å². The summed E-state index contributed by atoms with van der Waals surface area (Å²) in [6, 6.07) is -3.38. The van der Waals surface area contributed by atoms with Crippen molar-refractivity contribution in [2.75, 3.05) is 12.3 Å². The van der Waals surface area contributed by atoms with Crippen molar-refractivity contribution in [1.29, 1.82) is 0 Å². The van der Waals surface area contributed by atoms with Crippen molar-refractivity contribution in [2.45, 2.75) is 51.2 Å². The van der Waals surface area contributed by atoms with Crippen molar-refractivity contribution in [2.24, 2.45) is 11.7 Å². The van der Waals surface area contributed by atoms with Crippen LogP contribution in [0.3, 0.4) is 0 Å². The summed E-state index contributed by atoms with van der Waals surface area (Å²) in [6.45, 7) is 3.19. The molecule has 0 heterocycles. The molecule has 0 aliphatic rings. The highest BCUT2D eigenvalue weighted by atomic mass is 32.1. The van der Waals surface area contributed by atoms with Crippen LogP contribution in [0.2, 0.25) is 0 Å². The fourth-order valence-corrected chi connectivity index (χ4v) is 2.28. The molecule has 0 rings (SSSR count). The molecular weight excluding hydrogens is 392 g/mol. The quantitative estimate of drug-likeness (QED) is 0.172. The highest BCUT2D eigenvalue weighted by Crippen LogP contribution is 2.05. The van der Waals surface area contributed by atoms with Crippen LogP contribution in [0.15, 0.2) is 0 Å². The van der Waals surface area contributed by atoms with Crippen LogP contribution in [0.4, 0.5) is 0 Å². The van der Waals surface area contributed by atoms with Gasteiger partial charge in [-0.05, 0) is 12.3 Å². The molecule has 0 aromatic carbocycles. The first-order valence-electron chi connectivity index (χ1n) is 8.71. The van der Waals surface area contributed by atoms with E-state index in [0.717, 1.165) is 0 Å². The lowest BCUT2D eigenvalue weighted by Crippen LogP contribution is -2.54. The first kappa shape index (κ1) is 25.7. The monoisotopic (exact) mass is 420 g/mol. The van der Waals surface area contributed by atoms with E-state index in [4.69, 9.17) is 15.9 Å². The molecule has 4 atom stereocenters. The Balaban J connectivity index is 4.87. The van der Waals surface area contributed by atoms with E-state index in [9.17, 15) is 24.0 Å². The molecule has 0 fully saturated rings. The molecule has 28 heavy (non-hydrogen) atoms. The number of aliphatic carboxylic acids is 2. The van der Waals surface area contributed by atoms with Crippen LogP contribution in [0.25, 0.3) is 0 Å². The Morgan fingerprint density at radius 1 is 1.04 bits per heavy atom. The van der Waals surface area contributed by atoms with Gasteiger partial charge in [0.1, 0.15) is 12.1 Å². The molecule has 0 spiro atoms. The van der Waals surface area contributed by atoms with Gasteiger partial charge < -0.3 is 31.9 Å². The Hall–Kier alpha value is -2.34. The summed E-state index contributed by atoms with van der Waals surface area (Å²) in [7, 11) is 0. The van der Waals surface area contributed by atoms with Gasteiger partial charge in [0.2, 0.25) is 17.7 Å². The third kappa shape index (κ3) is 9.55. The van der Waals surface area contributed by atoms with Crippen LogP contribution in [-0.4, -0.2) is 70.3 Å². The molecule has 160 valence electrons. The molecule has 0 aliphatic heterocycles. The Kier molecular flexibility index (Phi) is 11.9. The number of carbonyl (C=O) groups excluding carboxylic acids is 3. The van der Waals surface area contributed by atoms with Crippen LogP contribution in [0.1, 0.15) is 33.1 Å². The highest BCUT2D eigenvalue weighted by Gasteiger charge is 2.27. The molecule has 0 bridgehead atoms. The van der Waals surface area contributed by atoms with Crippen molar-refractivity contribution in [3.63, 3.8) is 0 Å². The van der Waals surface area contributed by atoms with E-state index >= 15 is 0 Å². The first-order chi connectivity index (χ1) is 13.0. The van der Waals surface area contributed by atoms with Crippen molar-refractivity contribution < 1.29 is 34.2 Å². The number of thiol groups is 1. The molecule has 0 saturated heterocycles. The van der Waals surface area contributed by atoms with Crippen LogP contribution < -0.4 is 21.7 Å². The number of carbonyl (C=O) groups is 5. The largest absolute Gasteiger partial charge is 0.481 e. The average molecular weight is 420 g/mol. The maximum absolute atomic E-state index is 12.2. The van der Waals surface area contributed by atoms with Crippen LogP contribution in [-0.2, 0) is 24.0 Å². The van der Waals surface area contributed by atoms with Crippen molar-refractivity contribution >= 4 is 42.3 Å². The highest BCUT2D eigenvalue weighted by molar-refractivity contribution is 7.80.